The van der Waals surface area contributed by atoms with Crippen molar-refractivity contribution in [3.05, 3.63) is 28.6 Å². The lowest BCUT2D eigenvalue weighted by atomic mass is 10.4. The van der Waals surface area contributed by atoms with Crippen LogP contribution in [0.15, 0.2) is 28.7 Å². The van der Waals surface area contributed by atoms with Crippen LogP contribution >= 0.6 is 11.3 Å². The number of unbranched alkanes of at least 4 members (excludes halogenated alkanes) is 1. The first-order valence-corrected chi connectivity index (χ1v) is 7.66. The molecule has 0 spiro atoms. The second-order valence-corrected chi connectivity index (χ2v) is 5.42. The Bertz CT molecular complexity index is 735. The highest BCUT2D eigenvalue weighted by atomic mass is 32.1. The van der Waals surface area contributed by atoms with Crippen LogP contribution in [0.3, 0.4) is 0 Å². The summed E-state index contributed by atoms with van der Waals surface area (Å²) in [4.78, 5) is 14.1. The molecule has 0 amide bonds. The summed E-state index contributed by atoms with van der Waals surface area (Å²) in [5, 5.41) is 9.61. The Kier molecular flexibility index (Phi) is 4.20. The van der Waals surface area contributed by atoms with Gasteiger partial charge >= 0.3 is 6.01 Å². The zero-order valence-electron chi connectivity index (χ0n) is 11.6. The summed E-state index contributed by atoms with van der Waals surface area (Å²) >= 11 is 1.62. The third-order valence-electron chi connectivity index (χ3n) is 2.86. The Morgan fingerprint density at radius 2 is 2.38 bits per heavy atom. The maximum Gasteiger partial charge on any atom is 0.320 e. The molecule has 3 aromatic rings. The molecule has 0 radical (unpaired) electrons. The topological polar surface area (TPSA) is 76.1 Å². The van der Waals surface area contributed by atoms with Crippen LogP contribution in [-0.2, 0) is 0 Å². The highest BCUT2D eigenvalue weighted by Crippen LogP contribution is 2.23. The van der Waals surface area contributed by atoms with Crippen molar-refractivity contribution in [3.63, 3.8) is 0 Å². The van der Waals surface area contributed by atoms with Crippen molar-refractivity contribution in [3.8, 4) is 6.01 Å². The minimum absolute atomic E-state index is 0.332. The van der Waals surface area contributed by atoms with E-state index in [4.69, 9.17) is 4.74 Å². The lowest BCUT2D eigenvalue weighted by molar-refractivity contribution is 0.287. The van der Waals surface area contributed by atoms with E-state index in [0.29, 0.717) is 24.1 Å². The van der Waals surface area contributed by atoms with E-state index >= 15 is 0 Å². The second kappa shape index (κ2) is 6.45. The van der Waals surface area contributed by atoms with E-state index < -0.39 is 0 Å². The molecule has 0 aliphatic rings. The van der Waals surface area contributed by atoms with E-state index in [2.05, 4.69) is 32.1 Å². The van der Waals surface area contributed by atoms with Crippen LogP contribution < -0.4 is 4.74 Å². The summed E-state index contributed by atoms with van der Waals surface area (Å²) in [5.41, 5.74) is 0.634. The average molecular weight is 301 g/mol. The fourth-order valence-corrected chi connectivity index (χ4v) is 2.34. The Balaban J connectivity index is 1.90. The van der Waals surface area contributed by atoms with Crippen LogP contribution in [0.1, 0.15) is 24.6 Å². The lowest BCUT2D eigenvalue weighted by Gasteiger charge is -2.04. The van der Waals surface area contributed by atoms with Gasteiger partial charge in [-0.2, -0.15) is 15.1 Å². The molecule has 7 heteroatoms. The van der Waals surface area contributed by atoms with Gasteiger partial charge in [-0.15, -0.1) is 11.3 Å². The Labute approximate surface area is 125 Å². The van der Waals surface area contributed by atoms with Crippen LogP contribution in [0.5, 0.6) is 6.01 Å². The molecule has 0 unspecified atom stereocenters. The van der Waals surface area contributed by atoms with Crippen molar-refractivity contribution < 1.29 is 4.74 Å². The number of aliphatic imine (C=N–C) groups is 1. The van der Waals surface area contributed by atoms with Crippen LogP contribution in [0, 0.1) is 0 Å². The smallest absolute Gasteiger partial charge is 0.320 e. The van der Waals surface area contributed by atoms with Gasteiger partial charge in [0.2, 0.25) is 0 Å². The van der Waals surface area contributed by atoms with Crippen molar-refractivity contribution in [1.82, 2.24) is 20.2 Å². The first kappa shape index (κ1) is 13.7. The second-order valence-electron chi connectivity index (χ2n) is 4.44. The Morgan fingerprint density at radius 3 is 3.19 bits per heavy atom. The fourth-order valence-electron chi connectivity index (χ4n) is 1.76. The van der Waals surface area contributed by atoms with Gasteiger partial charge < -0.3 is 4.74 Å². The van der Waals surface area contributed by atoms with Gasteiger partial charge in [-0.05, 0) is 17.9 Å². The molecule has 0 atom stereocenters. The van der Waals surface area contributed by atoms with E-state index in [9.17, 15) is 0 Å². The molecule has 0 saturated heterocycles. The zero-order chi connectivity index (χ0) is 14.5. The number of rotatable bonds is 6. The summed E-state index contributed by atoms with van der Waals surface area (Å²) in [6.45, 7) is 2.71. The van der Waals surface area contributed by atoms with E-state index in [-0.39, 0.29) is 0 Å². The quantitative estimate of drug-likeness (QED) is 0.559. The minimum Gasteiger partial charge on any atom is -0.463 e. The zero-order valence-corrected chi connectivity index (χ0v) is 12.4. The molecule has 0 saturated carbocycles. The van der Waals surface area contributed by atoms with Gasteiger partial charge in [-0.3, -0.25) is 5.10 Å². The molecule has 0 bridgehead atoms. The van der Waals surface area contributed by atoms with E-state index in [1.807, 2.05) is 17.5 Å². The molecule has 0 aromatic carbocycles. The number of aromatic nitrogens is 4. The highest BCUT2D eigenvalue weighted by molar-refractivity contribution is 7.11. The molecule has 3 heterocycles. The number of nitrogens with one attached hydrogen (secondary N) is 1. The number of hydrogen-bond donors (Lipinski definition) is 1. The van der Waals surface area contributed by atoms with Crippen molar-refractivity contribution in [2.75, 3.05) is 6.61 Å². The SMILES string of the molecule is CCCCOc1nc(N=Cc2cccs2)c2cn[nH]c2n1. The molecular weight excluding hydrogens is 286 g/mol. The van der Waals surface area contributed by atoms with Crippen molar-refractivity contribution in [1.29, 1.82) is 0 Å². The number of nitrogens with zero attached hydrogens (tertiary/aromatic N) is 4. The average Bonchev–Trinajstić information content (AvgIpc) is 3.16. The molecule has 3 rings (SSSR count). The van der Waals surface area contributed by atoms with Crippen LogP contribution in [0.2, 0.25) is 0 Å². The molecule has 0 fully saturated rings. The lowest BCUT2D eigenvalue weighted by Crippen LogP contribution is -2.01. The van der Waals surface area contributed by atoms with Gasteiger partial charge in [0.05, 0.1) is 18.2 Å². The van der Waals surface area contributed by atoms with E-state index in [1.165, 1.54) is 0 Å². The third-order valence-corrected chi connectivity index (χ3v) is 3.66. The van der Waals surface area contributed by atoms with Crippen LogP contribution in [-0.4, -0.2) is 33.0 Å². The number of ether oxygens (including phenoxy) is 1. The number of H-pyrrole nitrogens is 1. The van der Waals surface area contributed by atoms with Gasteiger partial charge in [0.1, 0.15) is 0 Å². The molecule has 1 N–H and O–H groups in total. The molecule has 3 aromatic heterocycles. The van der Waals surface area contributed by atoms with Crippen LogP contribution in [0.4, 0.5) is 5.82 Å². The molecular formula is C14H15N5OS. The fraction of sp³-hybridized carbons (Fsp3) is 0.286. The van der Waals surface area contributed by atoms with E-state index in [1.54, 1.807) is 23.7 Å². The number of aromatic amines is 1. The summed E-state index contributed by atoms with van der Waals surface area (Å²) in [6.07, 6.45) is 5.50. The van der Waals surface area contributed by atoms with Gasteiger partial charge in [0, 0.05) is 11.1 Å². The predicted molar refractivity (Wildman–Crippen MR) is 83.7 cm³/mol. The van der Waals surface area contributed by atoms with Gasteiger partial charge in [-0.25, -0.2) is 4.99 Å². The monoisotopic (exact) mass is 301 g/mol. The van der Waals surface area contributed by atoms with Crippen LogP contribution in [0.25, 0.3) is 11.0 Å². The van der Waals surface area contributed by atoms with Crippen molar-refractivity contribution >= 4 is 34.4 Å². The number of fused-ring (bicyclic) bond motifs is 1. The van der Waals surface area contributed by atoms with Gasteiger partial charge in [-0.1, -0.05) is 19.4 Å². The largest absolute Gasteiger partial charge is 0.463 e. The normalized spacial score (nSPS) is 11.5. The number of thiophene rings is 1. The maximum atomic E-state index is 5.56. The highest BCUT2D eigenvalue weighted by Gasteiger charge is 2.09. The molecule has 6 nitrogen and oxygen atoms in total. The first-order chi connectivity index (χ1) is 10.4. The number of hydrogen-bond acceptors (Lipinski definition) is 6. The maximum absolute atomic E-state index is 5.56. The molecule has 0 aliphatic heterocycles. The minimum atomic E-state index is 0.332. The summed E-state index contributed by atoms with van der Waals surface area (Å²) in [7, 11) is 0. The van der Waals surface area contributed by atoms with Gasteiger partial charge in [0.25, 0.3) is 0 Å². The summed E-state index contributed by atoms with van der Waals surface area (Å²) < 4.78 is 5.56. The summed E-state index contributed by atoms with van der Waals surface area (Å²) in [6, 6.07) is 4.32. The Hall–Kier alpha value is -2.28. The predicted octanol–water partition coefficient (Wildman–Crippen LogP) is 3.34. The van der Waals surface area contributed by atoms with Crippen molar-refractivity contribution in [2.45, 2.75) is 19.8 Å². The molecule has 21 heavy (non-hydrogen) atoms. The molecule has 108 valence electrons. The van der Waals surface area contributed by atoms with Crippen molar-refractivity contribution in [2.24, 2.45) is 4.99 Å². The van der Waals surface area contributed by atoms with E-state index in [0.717, 1.165) is 23.1 Å². The first-order valence-electron chi connectivity index (χ1n) is 6.78. The summed E-state index contributed by atoms with van der Waals surface area (Å²) in [5.74, 6) is 0.564. The Morgan fingerprint density at radius 1 is 1.43 bits per heavy atom. The standard InChI is InChI=1S/C14H15N5OS/c1-2-3-6-20-14-17-12(11-9-16-19-13(11)18-14)15-8-10-5-4-7-21-10/h4-5,7-9H,2-3,6H2,1H3,(H,16,17,18,19). The third kappa shape index (κ3) is 3.25. The molecule has 0 aliphatic carbocycles. The van der Waals surface area contributed by atoms with Gasteiger partial charge in [0.15, 0.2) is 11.5 Å².